The van der Waals surface area contributed by atoms with Crippen molar-refractivity contribution in [1.29, 1.82) is 0 Å². The summed E-state index contributed by atoms with van der Waals surface area (Å²) in [5.41, 5.74) is 0. The molecule has 0 N–H and O–H groups in total. The molecule has 0 nitrogen and oxygen atoms in total. The molecule has 0 fully saturated rings. The van der Waals surface area contributed by atoms with Crippen LogP contribution >= 0.6 is 0 Å². The monoisotopic (exact) mass is 80.0 g/mol. The maximum absolute atomic E-state index is 3.64. The summed E-state index contributed by atoms with van der Waals surface area (Å²) in [7, 11) is 0. The minimum atomic E-state index is 0.868. The van der Waals surface area contributed by atoms with Crippen molar-refractivity contribution in [2.24, 2.45) is 0 Å². The Kier molecular flexibility index (Phi) is 3.50. The van der Waals surface area contributed by atoms with Gasteiger partial charge in [-0.2, -0.15) is 0 Å². The van der Waals surface area contributed by atoms with Gasteiger partial charge in [-0.25, -0.2) is 0 Å². The van der Waals surface area contributed by atoms with Gasteiger partial charge in [-0.15, -0.1) is 0 Å². The van der Waals surface area contributed by atoms with Crippen molar-refractivity contribution in [2.45, 2.75) is 6.92 Å². The molecule has 0 unspecified atom stereocenters. The van der Waals surface area contributed by atoms with Gasteiger partial charge in [-0.3, -0.25) is 0 Å². The van der Waals surface area contributed by atoms with Crippen LogP contribution in [0.4, 0.5) is 0 Å². The normalized spacial score (nSPS) is 6.75. The van der Waals surface area contributed by atoms with Crippen LogP contribution in [-0.2, 0) is 0 Å². The third-order valence-corrected chi connectivity index (χ3v) is 0. The first-order valence-corrected chi connectivity index (χ1v) is 2.92. The van der Waals surface area contributed by atoms with E-state index in [1.54, 1.807) is 0 Å². The van der Waals surface area contributed by atoms with Crippen LogP contribution in [0.15, 0.2) is 6.25 Å². The van der Waals surface area contributed by atoms with Crippen molar-refractivity contribution in [2.75, 3.05) is 0 Å². The second kappa shape index (κ2) is 2.60. The van der Waals surface area contributed by atoms with E-state index in [1.165, 1.54) is -0.332 Å². The average molecular weight is 80.2 g/mol. The molecule has 0 heterocycles. The molecule has 0 aromatic rings. The van der Waals surface area contributed by atoms with Crippen molar-refractivity contribution < 1.29 is 0 Å². The molecule has 0 amide bonds. The van der Waals surface area contributed by atoms with Gasteiger partial charge >= 0.3 is 62.1 Å². The quantitative estimate of drug-likeness (QED) is 0.375. The fourth-order valence-corrected chi connectivity index (χ4v) is 0. The predicted octanol–water partition coefficient (Wildman–Crippen LogP) is 0.688. The van der Waals surface area contributed by atoms with Gasteiger partial charge in [-0.1, -0.05) is 0 Å². The summed E-state index contributed by atoms with van der Waals surface area (Å²) < 4.78 is 1.35. The van der Waals surface area contributed by atoms with Gasteiger partial charge in [0.25, 0.3) is 0 Å². The molecule has 0 saturated heterocycles. The standard InChI is InChI=1S/C3H5.K/c1-3-2;/h1H2,2H3;. The van der Waals surface area contributed by atoms with Crippen molar-refractivity contribution in [3.8, 4) is 0 Å². The Morgan fingerprint density at radius 2 is 2.00 bits per heavy atom. The zero-order chi connectivity index (χ0) is 3.58. The fourth-order valence-electron chi connectivity index (χ4n) is 0. The second-order valence-corrected chi connectivity index (χ2v) is 3.87. The van der Waals surface area contributed by atoms with Crippen LogP contribution in [0.25, 0.3) is 0 Å². The molecule has 0 aliphatic heterocycles. The van der Waals surface area contributed by atoms with Crippen LogP contribution in [0.2, 0.25) is 0 Å². The number of hydrogen-bond donors (Lipinski definition) is 0. The van der Waals surface area contributed by atoms with E-state index in [2.05, 4.69) is 13.5 Å². The topological polar surface area (TPSA) is 0 Å². The third kappa shape index (κ3) is 10.1. The fraction of sp³-hybridized carbons (Fsp3) is 0.333. The van der Waals surface area contributed by atoms with Crippen molar-refractivity contribution in [3.63, 3.8) is 0 Å². The SMILES string of the molecule is C=[C](C)[K]. The Morgan fingerprint density at radius 1 is 2.00 bits per heavy atom. The Hall–Kier alpha value is 1.38. The number of hydrogen-bond acceptors (Lipinski definition) is 0. The van der Waals surface area contributed by atoms with Gasteiger partial charge in [-0.05, 0) is 0 Å². The molecule has 0 aliphatic rings. The summed E-state index contributed by atoms with van der Waals surface area (Å²) in [4.78, 5) is 0. The molecular weight excluding hydrogens is 75.1 g/mol. The molecule has 0 bridgehead atoms. The summed E-state index contributed by atoms with van der Waals surface area (Å²) >= 11 is 0.868. The van der Waals surface area contributed by atoms with Crippen LogP contribution in [0, 0.1) is 0 Å². The molecule has 4 heavy (non-hydrogen) atoms. The Labute approximate surface area is 60.9 Å². The van der Waals surface area contributed by atoms with E-state index in [4.69, 9.17) is 0 Å². The summed E-state index contributed by atoms with van der Waals surface area (Å²) in [6.07, 6.45) is 0. The van der Waals surface area contributed by atoms with Crippen molar-refractivity contribution >= 4 is 49.0 Å². The minimum absolute atomic E-state index is 0.868. The van der Waals surface area contributed by atoms with Crippen molar-refractivity contribution in [3.05, 3.63) is 6.25 Å². The molecule has 0 aliphatic carbocycles. The number of rotatable bonds is 0. The first-order valence-electron chi connectivity index (χ1n) is 1.35. The molecule has 18 valence electrons. The van der Waals surface area contributed by atoms with Crippen LogP contribution < -0.4 is 0 Å². The molecule has 0 rings (SSSR count). The van der Waals surface area contributed by atoms with Gasteiger partial charge in [0.05, 0.1) is 0 Å². The Balaban J connectivity index is 2.80. The van der Waals surface area contributed by atoms with E-state index in [0.29, 0.717) is 0 Å². The Morgan fingerprint density at radius 3 is 2.00 bits per heavy atom. The maximum atomic E-state index is 3.64. The zero-order valence-electron chi connectivity index (χ0n) is 3.21. The van der Waals surface area contributed by atoms with Gasteiger partial charge in [0.2, 0.25) is 0 Å². The Bertz CT molecular complexity index is 26.3. The van der Waals surface area contributed by atoms with Gasteiger partial charge in [0, 0.05) is 0 Å². The van der Waals surface area contributed by atoms with Gasteiger partial charge < -0.3 is 0 Å². The van der Waals surface area contributed by atoms with Crippen LogP contribution in [0.5, 0.6) is 0 Å². The average Bonchev–Trinajstić information content (AvgIpc) is 0.811. The van der Waals surface area contributed by atoms with E-state index in [9.17, 15) is 0 Å². The molecule has 0 atom stereocenters. The van der Waals surface area contributed by atoms with E-state index < -0.39 is 0 Å². The molecule has 1 heteroatoms. The van der Waals surface area contributed by atoms with Crippen LogP contribution in [0.3, 0.4) is 0 Å². The molecule has 0 radical (unpaired) electrons. The van der Waals surface area contributed by atoms with Crippen molar-refractivity contribution in [1.82, 2.24) is 0 Å². The van der Waals surface area contributed by atoms with Crippen LogP contribution in [0.1, 0.15) is 6.92 Å². The summed E-state index contributed by atoms with van der Waals surface area (Å²) in [6.45, 7) is 5.69. The van der Waals surface area contributed by atoms with E-state index in [0.717, 1.165) is 49.0 Å². The first kappa shape index (κ1) is 5.38. The first-order chi connectivity index (χ1) is 1.73. The van der Waals surface area contributed by atoms with Gasteiger partial charge in [0.1, 0.15) is 0 Å². The summed E-state index contributed by atoms with van der Waals surface area (Å²) in [6, 6.07) is 0. The molecule has 0 saturated carbocycles. The summed E-state index contributed by atoms with van der Waals surface area (Å²) in [5.74, 6) is 0. The van der Waals surface area contributed by atoms with Gasteiger partial charge in [0.15, 0.2) is 0 Å². The van der Waals surface area contributed by atoms with E-state index in [-0.39, 0.29) is 0 Å². The molecule has 0 spiro atoms. The van der Waals surface area contributed by atoms with Crippen LogP contribution in [-0.4, -0.2) is 49.0 Å². The second-order valence-electron chi connectivity index (χ2n) is 1.21. The van der Waals surface area contributed by atoms with E-state index >= 15 is 0 Å². The molecule has 0 aromatic heterocycles. The zero-order valence-corrected chi connectivity index (χ0v) is 6.33. The number of allylic oxidation sites excluding steroid dienone is 1. The molecular formula is C3H5K. The third-order valence-electron chi connectivity index (χ3n) is 0. The molecule has 0 aromatic carbocycles. The van der Waals surface area contributed by atoms with E-state index in [1.807, 2.05) is 0 Å². The summed E-state index contributed by atoms with van der Waals surface area (Å²) in [5, 5.41) is 0. The predicted molar refractivity (Wildman–Crippen MR) is 20.6 cm³/mol.